The molecule has 112 valence electrons. The van der Waals surface area contributed by atoms with Gasteiger partial charge in [0.05, 0.1) is 12.2 Å². The number of rotatable bonds is 6. The van der Waals surface area contributed by atoms with Crippen LogP contribution in [0, 0.1) is 6.92 Å². The number of benzene rings is 1. The van der Waals surface area contributed by atoms with Gasteiger partial charge in [-0.3, -0.25) is 4.79 Å². The van der Waals surface area contributed by atoms with Crippen molar-refractivity contribution in [3.63, 3.8) is 0 Å². The molecule has 0 spiro atoms. The summed E-state index contributed by atoms with van der Waals surface area (Å²) in [5.74, 6) is 1.20. The number of carbonyl (C=O) groups excluding carboxylic acids is 1. The standard InChI is InChI=1S/C16H21N3O2/c1-4-13(3)19-15(8-9-17-19)18-16(20)11-21-14-7-5-6-12(2)10-14/h5-10,13H,4,11H2,1-3H3,(H,18,20). The molecule has 1 heterocycles. The molecule has 1 amide bonds. The van der Waals surface area contributed by atoms with Gasteiger partial charge in [-0.05, 0) is 38.0 Å². The van der Waals surface area contributed by atoms with Crippen molar-refractivity contribution in [2.45, 2.75) is 33.2 Å². The number of nitrogens with zero attached hydrogens (tertiary/aromatic N) is 2. The Hall–Kier alpha value is -2.30. The van der Waals surface area contributed by atoms with Crippen molar-refractivity contribution in [3.05, 3.63) is 42.1 Å². The van der Waals surface area contributed by atoms with Gasteiger partial charge in [0.1, 0.15) is 11.6 Å². The first-order valence-corrected chi connectivity index (χ1v) is 7.13. The van der Waals surface area contributed by atoms with Crippen LogP contribution in [0.3, 0.4) is 0 Å². The van der Waals surface area contributed by atoms with E-state index in [2.05, 4.69) is 24.3 Å². The van der Waals surface area contributed by atoms with Crippen LogP contribution in [0.5, 0.6) is 5.75 Å². The third-order valence-electron chi connectivity index (χ3n) is 3.31. The molecule has 1 N–H and O–H groups in total. The van der Waals surface area contributed by atoms with Gasteiger partial charge in [-0.2, -0.15) is 5.10 Å². The van der Waals surface area contributed by atoms with E-state index in [4.69, 9.17) is 4.74 Å². The molecule has 0 aliphatic heterocycles. The van der Waals surface area contributed by atoms with Crippen molar-refractivity contribution in [1.82, 2.24) is 9.78 Å². The molecule has 0 aliphatic carbocycles. The molecule has 21 heavy (non-hydrogen) atoms. The minimum atomic E-state index is -0.193. The molecule has 0 radical (unpaired) electrons. The number of ether oxygens (including phenoxy) is 1. The Morgan fingerprint density at radius 1 is 1.43 bits per heavy atom. The van der Waals surface area contributed by atoms with Gasteiger partial charge in [0, 0.05) is 6.07 Å². The summed E-state index contributed by atoms with van der Waals surface area (Å²) in [5, 5.41) is 7.06. The fraction of sp³-hybridized carbons (Fsp3) is 0.375. The maximum atomic E-state index is 12.0. The molecule has 0 aliphatic rings. The molecule has 1 unspecified atom stereocenters. The monoisotopic (exact) mass is 287 g/mol. The van der Waals surface area contributed by atoms with E-state index in [-0.39, 0.29) is 18.6 Å². The quantitative estimate of drug-likeness (QED) is 0.887. The largest absolute Gasteiger partial charge is 0.484 e. The normalized spacial score (nSPS) is 12.0. The molecule has 5 heteroatoms. The van der Waals surface area contributed by atoms with Crippen LogP contribution in [0.4, 0.5) is 5.82 Å². The van der Waals surface area contributed by atoms with Crippen LogP contribution in [0.2, 0.25) is 0 Å². The summed E-state index contributed by atoms with van der Waals surface area (Å²) in [5.41, 5.74) is 1.10. The van der Waals surface area contributed by atoms with Gasteiger partial charge < -0.3 is 10.1 Å². The molecule has 0 saturated heterocycles. The van der Waals surface area contributed by atoms with Crippen LogP contribution >= 0.6 is 0 Å². The second-order valence-corrected chi connectivity index (χ2v) is 5.07. The molecule has 5 nitrogen and oxygen atoms in total. The Kier molecular flexibility index (Phi) is 4.98. The first-order valence-electron chi connectivity index (χ1n) is 7.13. The number of anilines is 1. The van der Waals surface area contributed by atoms with Gasteiger partial charge in [0.15, 0.2) is 6.61 Å². The van der Waals surface area contributed by atoms with Crippen LogP contribution in [0.1, 0.15) is 31.9 Å². The summed E-state index contributed by atoms with van der Waals surface area (Å²) in [6.45, 7) is 6.11. The van der Waals surface area contributed by atoms with E-state index in [1.807, 2.05) is 35.9 Å². The smallest absolute Gasteiger partial charge is 0.263 e. The maximum absolute atomic E-state index is 12.0. The fourth-order valence-electron chi connectivity index (χ4n) is 1.97. The Morgan fingerprint density at radius 2 is 2.24 bits per heavy atom. The number of hydrogen-bond acceptors (Lipinski definition) is 3. The maximum Gasteiger partial charge on any atom is 0.263 e. The van der Waals surface area contributed by atoms with Gasteiger partial charge in [0.2, 0.25) is 0 Å². The molecule has 1 aromatic heterocycles. The lowest BCUT2D eigenvalue weighted by molar-refractivity contribution is -0.118. The highest BCUT2D eigenvalue weighted by Gasteiger charge is 2.11. The van der Waals surface area contributed by atoms with E-state index in [0.29, 0.717) is 11.6 Å². The van der Waals surface area contributed by atoms with Crippen molar-refractivity contribution < 1.29 is 9.53 Å². The van der Waals surface area contributed by atoms with E-state index < -0.39 is 0 Å². The summed E-state index contributed by atoms with van der Waals surface area (Å²) >= 11 is 0. The predicted octanol–water partition coefficient (Wildman–Crippen LogP) is 3.18. The number of nitrogens with one attached hydrogen (secondary N) is 1. The first kappa shape index (κ1) is 15.1. The van der Waals surface area contributed by atoms with E-state index in [0.717, 1.165) is 12.0 Å². The third kappa shape index (κ3) is 4.08. The van der Waals surface area contributed by atoms with Crippen molar-refractivity contribution in [1.29, 1.82) is 0 Å². The first-order chi connectivity index (χ1) is 10.1. The molecular weight excluding hydrogens is 266 g/mol. The summed E-state index contributed by atoms with van der Waals surface area (Å²) < 4.78 is 7.29. The highest BCUT2D eigenvalue weighted by atomic mass is 16.5. The summed E-state index contributed by atoms with van der Waals surface area (Å²) in [6, 6.07) is 9.66. The Morgan fingerprint density at radius 3 is 2.95 bits per heavy atom. The minimum absolute atomic E-state index is 0.0187. The molecule has 0 fully saturated rings. The average molecular weight is 287 g/mol. The highest BCUT2D eigenvalue weighted by Crippen LogP contribution is 2.16. The van der Waals surface area contributed by atoms with Crippen molar-refractivity contribution >= 4 is 11.7 Å². The summed E-state index contributed by atoms with van der Waals surface area (Å²) in [6.07, 6.45) is 2.63. The van der Waals surface area contributed by atoms with Gasteiger partial charge in [-0.25, -0.2) is 4.68 Å². The zero-order valence-electron chi connectivity index (χ0n) is 12.7. The van der Waals surface area contributed by atoms with Crippen molar-refractivity contribution in [3.8, 4) is 5.75 Å². The summed E-state index contributed by atoms with van der Waals surface area (Å²) in [7, 11) is 0. The molecule has 1 atom stereocenters. The van der Waals surface area contributed by atoms with Gasteiger partial charge in [-0.15, -0.1) is 0 Å². The van der Waals surface area contributed by atoms with Crippen LogP contribution in [0.15, 0.2) is 36.5 Å². The van der Waals surface area contributed by atoms with Crippen molar-refractivity contribution in [2.75, 3.05) is 11.9 Å². The Labute approximate surface area is 124 Å². The lowest BCUT2D eigenvalue weighted by atomic mass is 10.2. The second kappa shape index (κ2) is 6.92. The molecule has 2 aromatic rings. The topological polar surface area (TPSA) is 56.2 Å². The Bertz CT molecular complexity index is 607. The zero-order valence-corrected chi connectivity index (χ0v) is 12.7. The highest BCUT2D eigenvalue weighted by molar-refractivity contribution is 5.91. The Balaban J connectivity index is 1.92. The van der Waals surface area contributed by atoms with Crippen LogP contribution < -0.4 is 10.1 Å². The molecular formula is C16H21N3O2. The van der Waals surface area contributed by atoms with Crippen LogP contribution in [-0.2, 0) is 4.79 Å². The van der Waals surface area contributed by atoms with Crippen LogP contribution in [0.25, 0.3) is 0 Å². The van der Waals surface area contributed by atoms with E-state index >= 15 is 0 Å². The van der Waals surface area contributed by atoms with Crippen LogP contribution in [-0.4, -0.2) is 22.3 Å². The third-order valence-corrected chi connectivity index (χ3v) is 3.31. The predicted molar refractivity (Wildman–Crippen MR) is 82.5 cm³/mol. The molecule has 0 bridgehead atoms. The number of aryl methyl sites for hydroxylation is 1. The zero-order chi connectivity index (χ0) is 15.2. The number of carbonyl (C=O) groups is 1. The van der Waals surface area contributed by atoms with E-state index in [1.165, 1.54) is 0 Å². The minimum Gasteiger partial charge on any atom is -0.484 e. The SMILES string of the molecule is CCC(C)n1nccc1NC(=O)COc1cccc(C)c1. The summed E-state index contributed by atoms with van der Waals surface area (Å²) in [4.78, 5) is 12.0. The van der Waals surface area contributed by atoms with E-state index in [1.54, 1.807) is 12.3 Å². The second-order valence-electron chi connectivity index (χ2n) is 5.07. The lowest BCUT2D eigenvalue weighted by Crippen LogP contribution is -2.22. The molecule has 0 saturated carbocycles. The van der Waals surface area contributed by atoms with Gasteiger partial charge in [0.25, 0.3) is 5.91 Å². The molecule has 2 rings (SSSR count). The van der Waals surface area contributed by atoms with Gasteiger partial charge >= 0.3 is 0 Å². The van der Waals surface area contributed by atoms with Crippen molar-refractivity contribution in [2.24, 2.45) is 0 Å². The van der Waals surface area contributed by atoms with E-state index in [9.17, 15) is 4.79 Å². The number of amides is 1. The lowest BCUT2D eigenvalue weighted by Gasteiger charge is -2.14. The van der Waals surface area contributed by atoms with Gasteiger partial charge in [-0.1, -0.05) is 19.1 Å². The average Bonchev–Trinajstić information content (AvgIpc) is 2.92. The fourth-order valence-corrected chi connectivity index (χ4v) is 1.97. The number of aromatic nitrogens is 2. The number of hydrogen-bond donors (Lipinski definition) is 1. The molecule has 1 aromatic carbocycles.